The van der Waals surface area contributed by atoms with Crippen LogP contribution in [0.25, 0.3) is 66.3 Å². The van der Waals surface area contributed by atoms with Crippen LogP contribution in [0.3, 0.4) is 0 Å². The smallest absolute Gasteiger partial charge is 0.160 e. The van der Waals surface area contributed by atoms with Crippen LogP contribution in [0.15, 0.2) is 101 Å². The highest BCUT2D eigenvalue weighted by atomic mass is 16.3. The summed E-state index contributed by atoms with van der Waals surface area (Å²) in [4.78, 5) is 0. The van der Waals surface area contributed by atoms with E-state index >= 15 is 0 Å². The van der Waals surface area contributed by atoms with E-state index in [2.05, 4.69) is 115 Å². The van der Waals surface area contributed by atoms with Gasteiger partial charge in [-0.25, -0.2) is 0 Å². The lowest BCUT2D eigenvalue weighted by atomic mass is 9.88. The highest BCUT2D eigenvalue weighted by Crippen LogP contribution is 2.42. The van der Waals surface area contributed by atoms with Crippen molar-refractivity contribution in [3.63, 3.8) is 0 Å². The topological polar surface area (TPSA) is 18.1 Å². The molecule has 1 aliphatic rings. The number of allylic oxidation sites excluding steroid dienone is 1. The third-order valence-electron chi connectivity index (χ3n) is 7.79. The minimum Gasteiger partial charge on any atom is -0.454 e. The van der Waals surface area contributed by atoms with Crippen molar-refractivity contribution < 1.29 is 4.42 Å². The second-order valence-corrected chi connectivity index (χ2v) is 9.84. The van der Waals surface area contributed by atoms with Crippen molar-refractivity contribution in [3.05, 3.63) is 108 Å². The first kappa shape index (κ1) is 19.1. The van der Waals surface area contributed by atoms with E-state index in [-0.39, 0.29) is 0 Å². The fourth-order valence-electron chi connectivity index (χ4n) is 6.04. The van der Waals surface area contributed by atoms with Crippen molar-refractivity contribution in [1.29, 1.82) is 0 Å². The molecule has 0 saturated carbocycles. The maximum atomic E-state index is 6.67. The van der Waals surface area contributed by atoms with Crippen LogP contribution in [0.4, 0.5) is 0 Å². The molecule has 8 rings (SSSR count). The molecule has 0 radical (unpaired) electrons. The summed E-state index contributed by atoms with van der Waals surface area (Å²) in [5, 5.41) is 7.24. The van der Waals surface area contributed by atoms with Gasteiger partial charge >= 0.3 is 0 Å². The largest absolute Gasteiger partial charge is 0.454 e. The summed E-state index contributed by atoms with van der Waals surface area (Å²) >= 11 is 0. The number of nitrogens with zero attached hydrogens (tertiary/aromatic N) is 1. The Balaban J connectivity index is 1.53. The number of hydrogen-bond donors (Lipinski definition) is 0. The molecule has 5 aromatic carbocycles. The third-order valence-corrected chi connectivity index (χ3v) is 7.79. The summed E-state index contributed by atoms with van der Waals surface area (Å²) < 4.78 is 9.07. The second kappa shape index (κ2) is 6.86. The van der Waals surface area contributed by atoms with Crippen LogP contribution in [0.2, 0.25) is 0 Å². The van der Waals surface area contributed by atoms with Gasteiger partial charge in [0.1, 0.15) is 5.58 Å². The predicted octanol–water partition coefficient (Wildman–Crippen LogP) is 9.36. The van der Waals surface area contributed by atoms with Gasteiger partial charge in [-0.2, -0.15) is 0 Å². The van der Waals surface area contributed by atoms with Crippen molar-refractivity contribution in [1.82, 2.24) is 4.57 Å². The maximum absolute atomic E-state index is 6.67. The quantitative estimate of drug-likeness (QED) is 0.244. The molecule has 2 heterocycles. The van der Waals surface area contributed by atoms with E-state index < -0.39 is 0 Å². The number of furan rings is 1. The minimum absolute atomic E-state index is 0.515. The SMILES string of the molecule is CC1CC=Cc2ccc(-n3c4ccccc4c4ccc5c6cc7ccccc7cc6oc5c43)cc21. The van der Waals surface area contributed by atoms with E-state index in [1.165, 1.54) is 49.3 Å². The molecule has 0 spiro atoms. The van der Waals surface area contributed by atoms with E-state index in [9.17, 15) is 0 Å². The lowest BCUT2D eigenvalue weighted by Gasteiger charge is -2.19. The average molecular weight is 450 g/mol. The van der Waals surface area contributed by atoms with Crippen molar-refractivity contribution in [2.24, 2.45) is 0 Å². The van der Waals surface area contributed by atoms with Gasteiger partial charge < -0.3 is 8.98 Å². The van der Waals surface area contributed by atoms with Gasteiger partial charge in [0, 0.05) is 27.2 Å². The summed E-state index contributed by atoms with van der Waals surface area (Å²) in [6.07, 6.45) is 5.63. The second-order valence-electron chi connectivity index (χ2n) is 9.84. The number of fused-ring (bicyclic) bond motifs is 9. The van der Waals surface area contributed by atoms with E-state index in [1.54, 1.807) is 0 Å². The highest BCUT2D eigenvalue weighted by molar-refractivity contribution is 6.22. The number of para-hydroxylation sites is 1. The Hall–Kier alpha value is -4.30. The predicted molar refractivity (Wildman–Crippen MR) is 148 cm³/mol. The molecular formula is C33H23NO. The lowest BCUT2D eigenvalue weighted by Crippen LogP contribution is -2.02. The molecule has 1 aliphatic carbocycles. The van der Waals surface area contributed by atoms with Crippen LogP contribution >= 0.6 is 0 Å². The normalized spacial score (nSPS) is 15.6. The molecule has 2 heteroatoms. The zero-order chi connectivity index (χ0) is 23.1. The Morgan fingerprint density at radius 3 is 2.46 bits per heavy atom. The molecule has 0 fully saturated rings. The van der Waals surface area contributed by atoms with Gasteiger partial charge in [0.15, 0.2) is 5.58 Å². The van der Waals surface area contributed by atoms with Gasteiger partial charge in [-0.3, -0.25) is 0 Å². The molecule has 35 heavy (non-hydrogen) atoms. The molecule has 0 saturated heterocycles. The Morgan fingerprint density at radius 1 is 0.743 bits per heavy atom. The molecule has 7 aromatic rings. The van der Waals surface area contributed by atoms with Gasteiger partial charge in [0.25, 0.3) is 0 Å². The molecule has 0 aliphatic heterocycles. The number of aromatic nitrogens is 1. The van der Waals surface area contributed by atoms with Crippen LogP contribution in [-0.4, -0.2) is 4.57 Å². The standard InChI is InChI=1S/C33H23NO/c1-20-7-6-10-21-13-14-24(19-28(20)21)34-30-12-5-4-11-25(30)26-15-16-27-29-17-22-8-2-3-9-23(22)18-31(29)35-33(27)32(26)34/h2-6,8-20H,7H2,1H3. The van der Waals surface area contributed by atoms with Gasteiger partial charge in [0.2, 0.25) is 0 Å². The number of hydrogen-bond acceptors (Lipinski definition) is 1. The first-order valence-corrected chi connectivity index (χ1v) is 12.3. The van der Waals surface area contributed by atoms with Gasteiger partial charge in [-0.1, -0.05) is 73.7 Å². The molecule has 0 bridgehead atoms. The fourth-order valence-corrected chi connectivity index (χ4v) is 6.04. The lowest BCUT2D eigenvalue weighted by molar-refractivity contribution is 0.671. The van der Waals surface area contributed by atoms with Crippen LogP contribution in [-0.2, 0) is 0 Å². The van der Waals surface area contributed by atoms with Crippen LogP contribution < -0.4 is 0 Å². The molecular weight excluding hydrogens is 426 g/mol. The minimum atomic E-state index is 0.515. The Morgan fingerprint density at radius 2 is 1.54 bits per heavy atom. The maximum Gasteiger partial charge on any atom is 0.160 e. The van der Waals surface area contributed by atoms with E-state index in [4.69, 9.17) is 4.42 Å². The fraction of sp³-hybridized carbons (Fsp3) is 0.0909. The van der Waals surface area contributed by atoms with Crippen molar-refractivity contribution in [2.45, 2.75) is 19.3 Å². The number of benzene rings is 5. The molecule has 0 amide bonds. The van der Waals surface area contributed by atoms with Crippen LogP contribution in [0.5, 0.6) is 0 Å². The Labute approximate surface area is 202 Å². The zero-order valence-electron chi connectivity index (χ0n) is 19.5. The summed E-state index contributed by atoms with van der Waals surface area (Å²) in [6.45, 7) is 2.32. The monoisotopic (exact) mass is 449 g/mol. The van der Waals surface area contributed by atoms with Gasteiger partial charge in [-0.05, 0) is 70.6 Å². The van der Waals surface area contributed by atoms with Crippen molar-refractivity contribution in [2.75, 3.05) is 0 Å². The Kier molecular flexibility index (Phi) is 3.74. The average Bonchev–Trinajstić information content (AvgIpc) is 3.43. The molecule has 1 atom stereocenters. The number of rotatable bonds is 1. The molecule has 2 aromatic heterocycles. The molecule has 166 valence electrons. The van der Waals surface area contributed by atoms with E-state index in [1.807, 2.05) is 0 Å². The van der Waals surface area contributed by atoms with Crippen LogP contribution in [0.1, 0.15) is 30.4 Å². The van der Waals surface area contributed by atoms with Crippen LogP contribution in [0, 0.1) is 0 Å². The van der Waals surface area contributed by atoms with E-state index in [0.717, 1.165) is 28.5 Å². The molecule has 2 nitrogen and oxygen atoms in total. The summed E-state index contributed by atoms with van der Waals surface area (Å²) in [5.74, 6) is 0.515. The van der Waals surface area contributed by atoms with Gasteiger partial charge in [-0.15, -0.1) is 0 Å². The first-order valence-electron chi connectivity index (χ1n) is 12.3. The molecule has 1 unspecified atom stereocenters. The first-order chi connectivity index (χ1) is 17.3. The highest BCUT2D eigenvalue weighted by Gasteiger charge is 2.20. The zero-order valence-corrected chi connectivity index (χ0v) is 19.5. The summed E-state index contributed by atoms with van der Waals surface area (Å²) in [7, 11) is 0. The Bertz CT molecular complexity index is 2000. The van der Waals surface area contributed by atoms with Gasteiger partial charge in [0.05, 0.1) is 11.0 Å². The summed E-state index contributed by atoms with van der Waals surface area (Å²) in [6, 6.07) is 33.0. The molecule has 0 N–H and O–H groups in total. The van der Waals surface area contributed by atoms with Crippen molar-refractivity contribution in [3.8, 4) is 5.69 Å². The third kappa shape index (κ3) is 2.60. The van der Waals surface area contributed by atoms with E-state index in [0.29, 0.717) is 5.92 Å². The summed E-state index contributed by atoms with van der Waals surface area (Å²) in [5.41, 5.74) is 8.17. The van der Waals surface area contributed by atoms with Crippen molar-refractivity contribution >= 4 is 60.6 Å².